The molecule has 0 bridgehead atoms. The van der Waals surface area contributed by atoms with Gasteiger partial charge in [0.05, 0.1) is 0 Å². The largest absolute Gasteiger partial charge is 0.349 e. The molecule has 114 valence electrons. The lowest BCUT2D eigenvalue weighted by atomic mass is 9.75. The third kappa shape index (κ3) is 3.67. The number of piperidine rings is 1. The number of hydrogen-bond donors (Lipinski definition) is 2. The Labute approximate surface area is 135 Å². The van der Waals surface area contributed by atoms with Crippen LogP contribution in [0.1, 0.15) is 55.3 Å². The molecule has 1 unspecified atom stereocenters. The Morgan fingerprint density at radius 3 is 2.62 bits per heavy atom. The van der Waals surface area contributed by atoms with Gasteiger partial charge in [0.15, 0.2) is 0 Å². The van der Waals surface area contributed by atoms with Crippen molar-refractivity contribution in [2.24, 2.45) is 0 Å². The predicted molar refractivity (Wildman–Crippen MR) is 88.4 cm³/mol. The lowest BCUT2D eigenvalue weighted by molar-refractivity contribution is 0.0892. The fourth-order valence-electron chi connectivity index (χ4n) is 3.76. The van der Waals surface area contributed by atoms with Gasteiger partial charge in [-0.3, -0.25) is 4.79 Å². The highest BCUT2D eigenvalue weighted by Crippen LogP contribution is 2.34. The minimum Gasteiger partial charge on any atom is -0.349 e. The summed E-state index contributed by atoms with van der Waals surface area (Å²) in [4.78, 5) is 12.3. The van der Waals surface area contributed by atoms with Crippen LogP contribution in [-0.2, 0) is 0 Å². The van der Waals surface area contributed by atoms with Crippen LogP contribution in [0.2, 0.25) is 0 Å². The summed E-state index contributed by atoms with van der Waals surface area (Å²) in [6.07, 6.45) is 8.63. The second kappa shape index (κ2) is 6.49. The molecule has 1 saturated carbocycles. The summed E-state index contributed by atoms with van der Waals surface area (Å²) in [5.41, 5.74) is 1.03. The van der Waals surface area contributed by atoms with E-state index in [1.807, 2.05) is 24.3 Å². The Morgan fingerprint density at radius 1 is 1.19 bits per heavy atom. The minimum absolute atomic E-state index is 0.0559. The van der Waals surface area contributed by atoms with Crippen molar-refractivity contribution in [3.05, 3.63) is 34.3 Å². The van der Waals surface area contributed by atoms with Crippen LogP contribution in [-0.4, -0.2) is 24.0 Å². The molecule has 0 radical (unpaired) electrons. The van der Waals surface area contributed by atoms with E-state index in [1.165, 1.54) is 32.1 Å². The molecule has 1 saturated heterocycles. The molecule has 1 atom stereocenters. The Morgan fingerprint density at radius 2 is 1.90 bits per heavy atom. The topological polar surface area (TPSA) is 41.1 Å². The molecule has 4 heteroatoms. The van der Waals surface area contributed by atoms with E-state index in [2.05, 4.69) is 26.6 Å². The smallest absolute Gasteiger partial charge is 0.251 e. The molecule has 1 aliphatic carbocycles. The number of carbonyl (C=O) groups is 1. The molecule has 2 aliphatic rings. The van der Waals surface area contributed by atoms with Crippen molar-refractivity contribution in [1.29, 1.82) is 0 Å². The highest BCUT2D eigenvalue weighted by molar-refractivity contribution is 9.10. The van der Waals surface area contributed by atoms with Gasteiger partial charge < -0.3 is 10.6 Å². The fraction of sp³-hybridized carbons (Fsp3) is 0.588. The van der Waals surface area contributed by atoms with Gasteiger partial charge in [-0.1, -0.05) is 35.2 Å². The summed E-state index contributed by atoms with van der Waals surface area (Å²) in [5.74, 6) is 0.0559. The van der Waals surface area contributed by atoms with Crippen LogP contribution < -0.4 is 10.6 Å². The van der Waals surface area contributed by atoms with E-state index in [1.54, 1.807) is 0 Å². The maximum atomic E-state index is 12.3. The standard InChI is InChI=1S/C17H23BrN2O/c18-14-6-4-13(5-7-14)16(21)20-15-8-11-19-17(12-15)9-2-1-3-10-17/h4-7,15,19H,1-3,8-12H2,(H,20,21). The zero-order valence-corrected chi connectivity index (χ0v) is 13.9. The first kappa shape index (κ1) is 15.0. The first-order chi connectivity index (χ1) is 10.2. The summed E-state index contributed by atoms with van der Waals surface area (Å²) < 4.78 is 1.00. The van der Waals surface area contributed by atoms with E-state index in [9.17, 15) is 4.79 Å². The molecule has 2 fully saturated rings. The number of carbonyl (C=O) groups excluding carboxylic acids is 1. The van der Waals surface area contributed by atoms with Crippen LogP contribution in [0.15, 0.2) is 28.7 Å². The normalized spacial score (nSPS) is 24.7. The number of benzene rings is 1. The summed E-state index contributed by atoms with van der Waals surface area (Å²) in [6, 6.07) is 7.88. The summed E-state index contributed by atoms with van der Waals surface area (Å²) in [7, 11) is 0. The van der Waals surface area contributed by atoms with Gasteiger partial charge in [0.1, 0.15) is 0 Å². The van der Waals surface area contributed by atoms with Gasteiger partial charge >= 0.3 is 0 Å². The lowest BCUT2D eigenvalue weighted by Crippen LogP contribution is -2.57. The lowest BCUT2D eigenvalue weighted by Gasteiger charge is -2.44. The molecule has 1 aromatic carbocycles. The van der Waals surface area contributed by atoms with Crippen LogP contribution in [0.25, 0.3) is 0 Å². The monoisotopic (exact) mass is 350 g/mol. The maximum absolute atomic E-state index is 12.3. The van der Waals surface area contributed by atoms with Gasteiger partial charge in [-0.2, -0.15) is 0 Å². The highest BCUT2D eigenvalue weighted by Gasteiger charge is 2.37. The first-order valence-corrected chi connectivity index (χ1v) is 8.78. The van der Waals surface area contributed by atoms with Crippen LogP contribution in [0.5, 0.6) is 0 Å². The van der Waals surface area contributed by atoms with Crippen molar-refractivity contribution in [3.8, 4) is 0 Å². The molecule has 1 spiro atoms. The van der Waals surface area contributed by atoms with E-state index >= 15 is 0 Å². The second-order valence-electron chi connectivity index (χ2n) is 6.44. The van der Waals surface area contributed by atoms with Gasteiger partial charge in [-0.15, -0.1) is 0 Å². The number of halogens is 1. The average Bonchev–Trinajstić information content (AvgIpc) is 2.49. The van der Waals surface area contributed by atoms with Crippen molar-refractivity contribution in [2.45, 2.75) is 56.5 Å². The van der Waals surface area contributed by atoms with Crippen molar-refractivity contribution < 1.29 is 4.79 Å². The SMILES string of the molecule is O=C(NC1CCNC2(CCCCC2)C1)c1ccc(Br)cc1. The molecule has 1 aromatic rings. The van der Waals surface area contributed by atoms with Crippen molar-refractivity contribution in [1.82, 2.24) is 10.6 Å². The van der Waals surface area contributed by atoms with E-state index in [0.717, 1.165) is 29.4 Å². The molecule has 0 aromatic heterocycles. The molecule has 21 heavy (non-hydrogen) atoms. The highest BCUT2D eigenvalue weighted by atomic mass is 79.9. The quantitative estimate of drug-likeness (QED) is 0.854. The Hall–Kier alpha value is -0.870. The van der Waals surface area contributed by atoms with Crippen molar-refractivity contribution >= 4 is 21.8 Å². The third-order valence-electron chi connectivity index (χ3n) is 4.88. The molecular formula is C17H23BrN2O. The van der Waals surface area contributed by atoms with Crippen LogP contribution >= 0.6 is 15.9 Å². The van der Waals surface area contributed by atoms with Gasteiger partial charge in [0.25, 0.3) is 5.91 Å². The zero-order valence-electron chi connectivity index (χ0n) is 12.3. The van der Waals surface area contributed by atoms with Gasteiger partial charge in [0.2, 0.25) is 0 Å². The summed E-state index contributed by atoms with van der Waals surface area (Å²) in [5, 5.41) is 6.96. The number of amides is 1. The Balaban J connectivity index is 1.61. The van der Waals surface area contributed by atoms with Crippen molar-refractivity contribution in [2.75, 3.05) is 6.54 Å². The second-order valence-corrected chi connectivity index (χ2v) is 7.35. The molecule has 3 rings (SSSR count). The number of rotatable bonds is 2. The molecule has 2 N–H and O–H groups in total. The summed E-state index contributed by atoms with van der Waals surface area (Å²) in [6.45, 7) is 1.02. The van der Waals surface area contributed by atoms with Gasteiger partial charge in [0, 0.05) is 21.6 Å². The van der Waals surface area contributed by atoms with E-state index in [4.69, 9.17) is 0 Å². The number of nitrogens with one attached hydrogen (secondary N) is 2. The Kier molecular flexibility index (Phi) is 4.65. The molecule has 3 nitrogen and oxygen atoms in total. The fourth-order valence-corrected chi connectivity index (χ4v) is 4.02. The molecule has 1 amide bonds. The first-order valence-electron chi connectivity index (χ1n) is 7.98. The van der Waals surface area contributed by atoms with E-state index < -0.39 is 0 Å². The van der Waals surface area contributed by atoms with Crippen LogP contribution in [0, 0.1) is 0 Å². The number of hydrogen-bond acceptors (Lipinski definition) is 2. The molecule has 1 heterocycles. The van der Waals surface area contributed by atoms with Crippen molar-refractivity contribution in [3.63, 3.8) is 0 Å². The predicted octanol–water partition coefficient (Wildman–Crippen LogP) is 3.63. The molecular weight excluding hydrogens is 328 g/mol. The van der Waals surface area contributed by atoms with E-state index in [-0.39, 0.29) is 11.4 Å². The summed E-state index contributed by atoms with van der Waals surface area (Å²) >= 11 is 3.40. The van der Waals surface area contributed by atoms with E-state index in [0.29, 0.717) is 6.04 Å². The van der Waals surface area contributed by atoms with Crippen LogP contribution in [0.3, 0.4) is 0 Å². The van der Waals surface area contributed by atoms with Crippen LogP contribution in [0.4, 0.5) is 0 Å². The average molecular weight is 351 g/mol. The van der Waals surface area contributed by atoms with Gasteiger partial charge in [-0.05, 0) is 56.5 Å². The third-order valence-corrected chi connectivity index (χ3v) is 5.41. The minimum atomic E-state index is 0.0559. The maximum Gasteiger partial charge on any atom is 0.251 e. The Bertz CT molecular complexity index is 489. The molecule has 1 aliphatic heterocycles. The zero-order chi connectivity index (χ0) is 14.7. The van der Waals surface area contributed by atoms with Gasteiger partial charge in [-0.25, -0.2) is 0 Å².